The summed E-state index contributed by atoms with van der Waals surface area (Å²) >= 11 is 12.6. The number of aryl methyl sites for hydroxylation is 2. The third-order valence-electron chi connectivity index (χ3n) is 11.6. The van der Waals surface area contributed by atoms with Gasteiger partial charge in [-0.05, 0) is 108 Å². The molecule has 0 unspecified atom stereocenters. The highest BCUT2D eigenvalue weighted by Crippen LogP contribution is 2.33. The van der Waals surface area contributed by atoms with Gasteiger partial charge >= 0.3 is 0 Å². The number of halogens is 2. The maximum absolute atomic E-state index is 12.9. The lowest BCUT2D eigenvalue weighted by molar-refractivity contribution is -0.157. The lowest BCUT2D eigenvalue weighted by Crippen LogP contribution is -2.37. The predicted molar refractivity (Wildman–Crippen MR) is 288 cm³/mol. The van der Waals surface area contributed by atoms with Crippen LogP contribution in [0.3, 0.4) is 0 Å². The number of aliphatic hydroxyl groups is 4. The second-order valence-corrected chi connectivity index (χ2v) is 19.4. The van der Waals surface area contributed by atoms with E-state index < -0.39 is 5.79 Å². The number of ketones is 1. The largest absolute Gasteiger partial charge is 0.489 e. The van der Waals surface area contributed by atoms with Crippen LogP contribution in [-0.2, 0) is 42.2 Å². The van der Waals surface area contributed by atoms with E-state index >= 15 is 0 Å². The number of Topliss-reactive ketones (excluding diaryl/α,β-unsaturated/α-hetero) is 1. The fraction of sp³-hybridized carbons (Fsp3) is 0.411. The number of aromatic nitrogens is 4. The maximum Gasteiger partial charge on any atom is 0.251 e. The van der Waals surface area contributed by atoms with Gasteiger partial charge in [0.05, 0.1) is 60.1 Å². The Labute approximate surface area is 448 Å². The molecule has 0 saturated carbocycles. The van der Waals surface area contributed by atoms with Crippen LogP contribution >= 0.6 is 23.2 Å². The van der Waals surface area contributed by atoms with Crippen molar-refractivity contribution in [3.05, 3.63) is 141 Å². The highest BCUT2D eigenvalue weighted by molar-refractivity contribution is 6.32. The summed E-state index contributed by atoms with van der Waals surface area (Å²) < 4.78 is 26.4. The van der Waals surface area contributed by atoms with Crippen molar-refractivity contribution in [2.24, 2.45) is 14.1 Å². The van der Waals surface area contributed by atoms with Gasteiger partial charge in [-0.1, -0.05) is 71.7 Å². The normalized spacial score (nSPS) is 13.5. The van der Waals surface area contributed by atoms with Gasteiger partial charge in [0.1, 0.15) is 11.5 Å². The molecule has 1 saturated heterocycles. The highest BCUT2D eigenvalue weighted by atomic mass is 35.5. The quantitative estimate of drug-likeness (QED) is 0.0377. The molecule has 2 amide bonds. The minimum absolute atomic E-state index is 0.0177. The average Bonchev–Trinajstić information content (AvgIpc) is 4.11. The van der Waals surface area contributed by atoms with Crippen molar-refractivity contribution < 1.29 is 53.8 Å². The Morgan fingerprint density at radius 2 is 1.05 bits per heavy atom. The second kappa shape index (κ2) is 28.7. The molecule has 3 heterocycles. The Hall–Kier alpha value is -6.15. The molecule has 7 rings (SSSR count). The summed E-state index contributed by atoms with van der Waals surface area (Å²) in [6.07, 6.45) is 5.71. The highest BCUT2D eigenvalue weighted by Gasteiger charge is 2.37. The maximum atomic E-state index is 12.9. The number of amides is 2. The lowest BCUT2D eigenvalue weighted by atomic mass is 10.0. The molecule has 0 aliphatic carbocycles. The number of hydrogen-bond acceptors (Lipinski definition) is 13. The molecule has 2 atom stereocenters. The number of carbonyl (C=O) groups excluding carboxylic acids is 3. The van der Waals surface area contributed by atoms with Crippen LogP contribution in [0.4, 0.5) is 0 Å². The zero-order valence-electron chi connectivity index (χ0n) is 43.8. The van der Waals surface area contributed by atoms with Gasteiger partial charge in [0.25, 0.3) is 11.8 Å². The van der Waals surface area contributed by atoms with Crippen molar-refractivity contribution in [3.63, 3.8) is 0 Å². The second-order valence-electron chi connectivity index (χ2n) is 18.6. The molecule has 6 aromatic rings. The molecule has 4 aromatic carbocycles. The van der Waals surface area contributed by atoms with Crippen molar-refractivity contribution in [3.8, 4) is 34.0 Å². The van der Waals surface area contributed by atoms with E-state index in [0.29, 0.717) is 77.4 Å². The third-order valence-corrected chi connectivity index (χ3v) is 12.2. The van der Waals surface area contributed by atoms with Gasteiger partial charge in [0, 0.05) is 81.0 Å². The first-order valence-electron chi connectivity index (χ1n) is 24.8. The number of nitrogens with zero attached hydrogens (tertiary/aromatic N) is 4. The standard InChI is InChI=1S/C28H34ClN3O5.C26H30ClN3O4.C2H6O2/c1-18(2)37-25-10-9-21(16-23(25)29)26(34)30-22(11-12-33)15-19-5-7-20(8-6-19)24-17-32(4)27(31-24)28(3)35-13-14-36-28;1-16(2)34-24-10-9-20(14-22(24)27)26(33)28-21(11-12-31)13-18-5-7-19(8-6-18)23-15-30(4)25(29-23)17(3)32;3-1-2-4/h5-10,16-18,22,33H,11-15H2,1-4H3,(H,30,34);5-10,14-16,21,31H,11-13H2,1-4H3,(H,28,33);3-4H,1-2H2/t22-;21-;/m11./s1. The number of hydrogen-bond donors (Lipinski definition) is 6. The lowest BCUT2D eigenvalue weighted by Gasteiger charge is -2.21. The summed E-state index contributed by atoms with van der Waals surface area (Å²) in [5.74, 6) is 0.761. The van der Waals surface area contributed by atoms with E-state index in [0.717, 1.165) is 39.5 Å². The van der Waals surface area contributed by atoms with Crippen molar-refractivity contribution in [2.45, 2.75) is 97.3 Å². The molecule has 0 bridgehead atoms. The van der Waals surface area contributed by atoms with Gasteiger partial charge in [-0.2, -0.15) is 0 Å². The first-order valence-corrected chi connectivity index (χ1v) is 25.6. The minimum atomic E-state index is -0.839. The van der Waals surface area contributed by atoms with E-state index in [9.17, 15) is 24.6 Å². The first kappa shape index (κ1) is 59.7. The molecule has 17 nitrogen and oxygen atoms in total. The Kier molecular flexibility index (Phi) is 22.8. The molecular formula is C56H70Cl2N6O11. The molecule has 0 radical (unpaired) electrons. The van der Waals surface area contributed by atoms with Crippen molar-refractivity contribution in [1.29, 1.82) is 0 Å². The summed E-state index contributed by atoms with van der Waals surface area (Å²) in [5, 5.41) is 41.1. The van der Waals surface area contributed by atoms with E-state index in [-0.39, 0.29) is 68.3 Å². The van der Waals surface area contributed by atoms with Crippen molar-refractivity contribution in [2.75, 3.05) is 39.6 Å². The number of nitrogens with one attached hydrogen (secondary N) is 2. The summed E-state index contributed by atoms with van der Waals surface area (Å²) in [7, 11) is 3.72. The molecule has 75 heavy (non-hydrogen) atoms. The molecule has 0 spiro atoms. The molecule has 19 heteroatoms. The number of imidazole rings is 2. The van der Waals surface area contributed by atoms with E-state index in [1.54, 1.807) is 48.0 Å². The summed E-state index contributed by atoms with van der Waals surface area (Å²) in [6.45, 7) is 11.8. The zero-order valence-corrected chi connectivity index (χ0v) is 45.3. The van der Waals surface area contributed by atoms with E-state index in [1.807, 2.05) is 107 Å². The van der Waals surface area contributed by atoms with Crippen molar-refractivity contribution >= 4 is 40.8 Å². The monoisotopic (exact) mass is 1070 g/mol. The SMILES string of the molecule is CC(=O)c1nc(-c2ccc(C[C@@H](CCO)NC(=O)c3ccc(OC(C)C)c(Cl)c3)cc2)cn1C.CC(C)Oc1ccc(C(=O)N[C@H](CCO)Cc2ccc(-c3cn(C)c(C4(C)OCCO4)n3)cc2)cc1Cl.OCCO. The van der Waals surface area contributed by atoms with Crippen LogP contribution in [0.2, 0.25) is 10.0 Å². The third kappa shape index (κ3) is 17.4. The fourth-order valence-electron chi connectivity index (χ4n) is 8.08. The van der Waals surface area contributed by atoms with Gasteiger partial charge in [-0.3, -0.25) is 14.4 Å². The number of carbonyl (C=O) groups is 3. The number of rotatable bonds is 21. The fourth-order valence-corrected chi connectivity index (χ4v) is 8.53. The summed E-state index contributed by atoms with van der Waals surface area (Å²) in [5.41, 5.74) is 6.31. The summed E-state index contributed by atoms with van der Waals surface area (Å²) in [6, 6.07) is 25.3. The molecule has 404 valence electrons. The molecule has 1 aliphatic rings. The Bertz CT molecular complexity index is 2790. The van der Waals surface area contributed by atoms with E-state index in [2.05, 4.69) is 15.6 Å². The Morgan fingerprint density at radius 1 is 0.640 bits per heavy atom. The minimum Gasteiger partial charge on any atom is -0.489 e. The molecule has 6 N–H and O–H groups in total. The average molecular weight is 1070 g/mol. The number of aliphatic hydroxyl groups excluding tert-OH is 4. The van der Waals surface area contributed by atoms with E-state index in [4.69, 9.17) is 57.3 Å². The van der Waals surface area contributed by atoms with Crippen LogP contribution in [0.15, 0.2) is 97.3 Å². The van der Waals surface area contributed by atoms with Crippen LogP contribution in [0.5, 0.6) is 11.5 Å². The van der Waals surface area contributed by atoms with Gasteiger partial charge in [-0.25, -0.2) is 9.97 Å². The van der Waals surface area contributed by atoms with Crippen LogP contribution in [0, 0.1) is 0 Å². The van der Waals surface area contributed by atoms with Crippen LogP contribution in [0.1, 0.15) is 103 Å². The van der Waals surface area contributed by atoms with Crippen LogP contribution in [-0.4, -0.2) is 121 Å². The van der Waals surface area contributed by atoms with Crippen molar-refractivity contribution in [1.82, 2.24) is 29.7 Å². The molecular weight excluding hydrogens is 1000 g/mol. The predicted octanol–water partition coefficient (Wildman–Crippen LogP) is 7.90. The first-order chi connectivity index (χ1) is 35.8. The van der Waals surface area contributed by atoms with Crippen LogP contribution < -0.4 is 20.1 Å². The smallest absolute Gasteiger partial charge is 0.251 e. The van der Waals surface area contributed by atoms with Gasteiger partial charge in [-0.15, -0.1) is 0 Å². The number of benzene rings is 4. The molecule has 2 aromatic heterocycles. The summed E-state index contributed by atoms with van der Waals surface area (Å²) in [4.78, 5) is 46.5. The van der Waals surface area contributed by atoms with Crippen LogP contribution in [0.25, 0.3) is 22.5 Å². The molecule has 1 fully saturated rings. The zero-order chi connectivity index (χ0) is 54.8. The Morgan fingerprint density at radius 3 is 1.41 bits per heavy atom. The van der Waals surface area contributed by atoms with Gasteiger partial charge in [0.2, 0.25) is 5.79 Å². The van der Waals surface area contributed by atoms with Gasteiger partial charge in [0.15, 0.2) is 17.4 Å². The Balaban J connectivity index is 0.000000260. The van der Waals surface area contributed by atoms with E-state index in [1.165, 1.54) is 6.92 Å². The molecule has 1 aliphatic heterocycles. The topological polar surface area (TPSA) is 229 Å². The number of ether oxygens (including phenoxy) is 4. The van der Waals surface area contributed by atoms with Gasteiger partial charge < -0.3 is 59.1 Å².